The molecule has 35 heavy (non-hydrogen) atoms. The average molecular weight is 524 g/mol. The molecule has 0 bridgehead atoms. The normalized spacial score (nSPS) is 14.3. The van der Waals surface area contributed by atoms with Crippen LogP contribution >= 0.6 is 7.82 Å². The molecule has 0 rings (SSSR count). The molecule has 0 aliphatic carbocycles. The van der Waals surface area contributed by atoms with Crippen LogP contribution in [0, 0.1) is 0 Å². The van der Waals surface area contributed by atoms with Crippen molar-refractivity contribution in [3.63, 3.8) is 0 Å². The second kappa shape index (κ2) is 20.1. The van der Waals surface area contributed by atoms with Gasteiger partial charge in [-0.15, -0.1) is 0 Å². The average Bonchev–Trinajstić information content (AvgIpc) is 2.78. The van der Waals surface area contributed by atoms with Crippen LogP contribution in [0.4, 0.5) is 0 Å². The van der Waals surface area contributed by atoms with Crippen molar-refractivity contribution in [1.29, 1.82) is 0 Å². The molecule has 0 aliphatic heterocycles. The van der Waals surface area contributed by atoms with Crippen LogP contribution in [-0.2, 0) is 32.7 Å². The lowest BCUT2D eigenvalue weighted by atomic mass is 10.1. The Morgan fingerprint density at radius 1 is 0.800 bits per heavy atom. The fourth-order valence-corrected chi connectivity index (χ4v) is 3.95. The summed E-state index contributed by atoms with van der Waals surface area (Å²) in [7, 11) is 1.16. The van der Waals surface area contributed by atoms with Crippen LogP contribution in [0.1, 0.15) is 97.3 Å². The number of hydrogen-bond donors (Lipinski definition) is 0. The van der Waals surface area contributed by atoms with Gasteiger partial charge in [0.2, 0.25) is 0 Å². The van der Waals surface area contributed by atoms with Crippen molar-refractivity contribution in [2.45, 2.75) is 103 Å². The van der Waals surface area contributed by atoms with E-state index in [9.17, 15) is 19.0 Å². The van der Waals surface area contributed by atoms with Crippen LogP contribution in [-0.4, -0.2) is 70.0 Å². The van der Waals surface area contributed by atoms with Crippen molar-refractivity contribution in [3.05, 3.63) is 0 Å². The summed E-state index contributed by atoms with van der Waals surface area (Å²) in [6.45, 7) is 3.57. The molecule has 9 nitrogen and oxygen atoms in total. The Morgan fingerprint density at radius 2 is 1.34 bits per heavy atom. The van der Waals surface area contributed by atoms with E-state index >= 15 is 0 Å². The molecule has 0 fully saturated rings. The van der Waals surface area contributed by atoms with Crippen molar-refractivity contribution in [2.24, 2.45) is 0 Å². The van der Waals surface area contributed by atoms with Gasteiger partial charge in [0, 0.05) is 12.8 Å². The number of ether oxygens (including phenoxy) is 2. The predicted octanol–water partition coefficient (Wildman–Crippen LogP) is 4.76. The number of phosphoric ester groups is 1. The number of likely N-dealkylation sites (N-methyl/N-ethyl adjacent to an activating group) is 1. The minimum Gasteiger partial charge on any atom is -0.756 e. The molecule has 0 aromatic heterocycles. The number of unbranched alkanes of at least 4 members (excludes halogenated alkanes) is 10. The standard InChI is InChI=1S/C25H50NO8P/c1-6-8-9-10-11-12-13-14-15-16-17-18-25(28)34-23(21-31-24(27)7-2)22-33-35(29,30)32-20-19-26(3,4)5/h23H,6-22H2,1-5H3. The molecule has 0 aromatic carbocycles. The molecule has 0 N–H and O–H groups in total. The van der Waals surface area contributed by atoms with Crippen LogP contribution in [0.15, 0.2) is 0 Å². The summed E-state index contributed by atoms with van der Waals surface area (Å²) in [6.07, 6.45) is 12.3. The van der Waals surface area contributed by atoms with Crippen molar-refractivity contribution in [1.82, 2.24) is 0 Å². The first-order valence-electron chi connectivity index (χ1n) is 13.2. The van der Waals surface area contributed by atoms with Gasteiger partial charge in [0.05, 0.1) is 27.7 Å². The van der Waals surface area contributed by atoms with Crippen molar-refractivity contribution < 1.29 is 42.1 Å². The lowest BCUT2D eigenvalue weighted by molar-refractivity contribution is -0.870. The quantitative estimate of drug-likeness (QED) is 0.0816. The third-order valence-electron chi connectivity index (χ3n) is 5.43. The molecule has 0 aliphatic rings. The highest BCUT2D eigenvalue weighted by molar-refractivity contribution is 7.45. The molecule has 2 atom stereocenters. The lowest BCUT2D eigenvalue weighted by Crippen LogP contribution is -2.37. The number of rotatable bonds is 23. The third kappa shape index (κ3) is 23.2. The number of carbonyl (C=O) groups excluding carboxylic acids is 2. The Kier molecular flexibility index (Phi) is 19.5. The zero-order valence-electron chi connectivity index (χ0n) is 22.8. The SMILES string of the molecule is CCCCCCCCCCCCCC(=O)OC(COC(=O)CC)COP(=O)([O-])OCC[N+](C)(C)C. The monoisotopic (exact) mass is 523 g/mol. The zero-order valence-corrected chi connectivity index (χ0v) is 23.7. The van der Waals surface area contributed by atoms with E-state index in [4.69, 9.17) is 18.5 Å². The minimum absolute atomic E-state index is 0.0294. The summed E-state index contributed by atoms with van der Waals surface area (Å²) in [5, 5.41) is 0. The highest BCUT2D eigenvalue weighted by atomic mass is 31.2. The van der Waals surface area contributed by atoms with Gasteiger partial charge in [0.25, 0.3) is 7.82 Å². The predicted molar refractivity (Wildman–Crippen MR) is 135 cm³/mol. The van der Waals surface area contributed by atoms with E-state index in [1.807, 2.05) is 21.1 Å². The number of carbonyl (C=O) groups is 2. The Morgan fingerprint density at radius 3 is 1.86 bits per heavy atom. The largest absolute Gasteiger partial charge is 0.756 e. The summed E-state index contributed by atoms with van der Waals surface area (Å²) >= 11 is 0. The van der Waals surface area contributed by atoms with Gasteiger partial charge >= 0.3 is 11.9 Å². The first-order valence-corrected chi connectivity index (χ1v) is 14.7. The summed E-state index contributed by atoms with van der Waals surface area (Å²) in [5.74, 6) is -0.935. The van der Waals surface area contributed by atoms with Crippen LogP contribution < -0.4 is 4.89 Å². The highest BCUT2D eigenvalue weighted by Crippen LogP contribution is 2.38. The highest BCUT2D eigenvalue weighted by Gasteiger charge is 2.21. The molecular weight excluding hydrogens is 473 g/mol. The van der Waals surface area contributed by atoms with Crippen molar-refractivity contribution in [3.8, 4) is 0 Å². The van der Waals surface area contributed by atoms with E-state index < -0.39 is 32.5 Å². The van der Waals surface area contributed by atoms with Gasteiger partial charge < -0.3 is 27.9 Å². The van der Waals surface area contributed by atoms with Gasteiger partial charge in [-0.3, -0.25) is 14.2 Å². The first-order chi connectivity index (χ1) is 16.5. The van der Waals surface area contributed by atoms with Crippen LogP contribution in [0.2, 0.25) is 0 Å². The smallest absolute Gasteiger partial charge is 0.306 e. The lowest BCUT2D eigenvalue weighted by Gasteiger charge is -2.28. The van der Waals surface area contributed by atoms with Gasteiger partial charge in [0.1, 0.15) is 19.8 Å². The molecule has 0 saturated heterocycles. The minimum atomic E-state index is -4.57. The Hall–Kier alpha value is -0.990. The number of phosphoric acid groups is 1. The van der Waals surface area contributed by atoms with Crippen LogP contribution in [0.5, 0.6) is 0 Å². The molecule has 0 amide bonds. The number of hydrogen-bond acceptors (Lipinski definition) is 8. The van der Waals surface area contributed by atoms with Gasteiger partial charge in [-0.05, 0) is 6.42 Å². The third-order valence-corrected chi connectivity index (χ3v) is 6.40. The fraction of sp³-hybridized carbons (Fsp3) is 0.920. The molecule has 0 radical (unpaired) electrons. The topological polar surface area (TPSA) is 111 Å². The van der Waals surface area contributed by atoms with E-state index in [1.54, 1.807) is 6.92 Å². The molecular formula is C25H50NO8P. The Bertz CT molecular complexity index is 609. The summed E-state index contributed by atoms with van der Waals surface area (Å²) in [6, 6.07) is 0. The van der Waals surface area contributed by atoms with Gasteiger partial charge in [-0.2, -0.15) is 0 Å². The molecule has 0 aromatic rings. The van der Waals surface area contributed by atoms with E-state index in [-0.39, 0.29) is 26.1 Å². The van der Waals surface area contributed by atoms with E-state index in [1.165, 1.54) is 51.4 Å². The van der Waals surface area contributed by atoms with Gasteiger partial charge in [-0.25, -0.2) is 0 Å². The Balaban J connectivity index is 4.26. The van der Waals surface area contributed by atoms with Crippen molar-refractivity contribution in [2.75, 3.05) is 47.5 Å². The first kappa shape index (κ1) is 34.0. The molecule has 0 spiro atoms. The Labute approximate surface area is 213 Å². The van der Waals surface area contributed by atoms with Crippen molar-refractivity contribution >= 4 is 19.8 Å². The maximum atomic E-state index is 12.2. The summed E-state index contributed by atoms with van der Waals surface area (Å²) in [4.78, 5) is 35.7. The molecule has 0 saturated carbocycles. The van der Waals surface area contributed by atoms with Gasteiger partial charge in [-0.1, -0.05) is 78.1 Å². The molecule has 208 valence electrons. The van der Waals surface area contributed by atoms with Gasteiger partial charge in [0.15, 0.2) is 6.10 Å². The second-order valence-electron chi connectivity index (χ2n) is 10.0. The van der Waals surface area contributed by atoms with E-state index in [0.29, 0.717) is 17.4 Å². The van der Waals surface area contributed by atoms with E-state index in [0.717, 1.165) is 12.8 Å². The second-order valence-corrected chi connectivity index (χ2v) is 11.4. The molecule has 0 heterocycles. The summed E-state index contributed by atoms with van der Waals surface area (Å²) < 4.78 is 32.7. The number of nitrogens with zero attached hydrogens (tertiary/aromatic N) is 1. The number of quaternary nitrogens is 1. The van der Waals surface area contributed by atoms with E-state index in [2.05, 4.69) is 6.92 Å². The maximum absolute atomic E-state index is 12.2. The molecule has 10 heteroatoms. The molecule has 2 unspecified atom stereocenters. The number of esters is 2. The summed E-state index contributed by atoms with van der Waals surface area (Å²) in [5.41, 5.74) is 0. The van der Waals surface area contributed by atoms with Crippen LogP contribution in [0.25, 0.3) is 0 Å². The van der Waals surface area contributed by atoms with Crippen LogP contribution in [0.3, 0.4) is 0 Å². The maximum Gasteiger partial charge on any atom is 0.306 e. The zero-order chi connectivity index (χ0) is 26.6. The fourth-order valence-electron chi connectivity index (χ4n) is 3.22.